The second kappa shape index (κ2) is 15.0. The van der Waals surface area contributed by atoms with E-state index >= 15 is 0 Å². The van der Waals surface area contributed by atoms with Crippen LogP contribution in [0.15, 0.2) is 180 Å². The first-order valence-electron chi connectivity index (χ1n) is 24.5. The Bertz CT molecular complexity index is 4110. The van der Waals surface area contributed by atoms with Gasteiger partial charge in [0.05, 0.1) is 11.4 Å². The van der Waals surface area contributed by atoms with Crippen LogP contribution >= 0.6 is 11.3 Å². The molecule has 4 nitrogen and oxygen atoms in total. The average Bonchev–Trinajstić information content (AvgIpc) is 4.12. The summed E-state index contributed by atoms with van der Waals surface area (Å²) >= 11 is 1.88. The molecule has 2 atom stereocenters. The molecule has 0 bridgehead atoms. The summed E-state index contributed by atoms with van der Waals surface area (Å²) in [5.41, 5.74) is 18.4. The van der Waals surface area contributed by atoms with Crippen molar-refractivity contribution in [3.05, 3.63) is 204 Å². The number of aromatic nitrogens is 1. The molecule has 9 aromatic carbocycles. The number of anilines is 2. The van der Waals surface area contributed by atoms with Gasteiger partial charge in [-0.05, 0) is 105 Å². The normalized spacial score (nSPS) is 15.5. The van der Waals surface area contributed by atoms with Gasteiger partial charge in [0, 0.05) is 75.4 Å². The Balaban J connectivity index is 1.03. The lowest BCUT2D eigenvalue weighted by atomic mass is 9.58. The molecule has 0 aliphatic carbocycles. The smallest absolute Gasteiger partial charge is 0.198 e. The Morgan fingerprint density at radius 2 is 1.24 bits per heavy atom. The fourth-order valence-corrected chi connectivity index (χ4v) is 12.7. The van der Waals surface area contributed by atoms with Crippen molar-refractivity contribution in [3.63, 3.8) is 0 Å². The fraction of sp³-hybridized carbons (Fsp3) is 0.156. The van der Waals surface area contributed by atoms with Gasteiger partial charge in [0.1, 0.15) is 23.0 Å². The van der Waals surface area contributed by atoms with Crippen LogP contribution in [0.2, 0.25) is 0 Å². The number of hydrogen-bond acceptors (Lipinski definition) is 4. The van der Waals surface area contributed by atoms with E-state index in [4.69, 9.17) is 9.15 Å². The molecular formula is C64H50BN2O2S. The zero-order valence-electron chi connectivity index (χ0n) is 40.1. The van der Waals surface area contributed by atoms with Gasteiger partial charge >= 0.3 is 0 Å². The van der Waals surface area contributed by atoms with E-state index in [9.17, 15) is 0 Å². The molecule has 1 N–H and O–H groups in total. The molecule has 0 saturated carbocycles. The van der Waals surface area contributed by atoms with Gasteiger partial charge in [-0.1, -0.05) is 162 Å². The summed E-state index contributed by atoms with van der Waals surface area (Å²) in [6.07, 6.45) is -0.170. The standard InChI is InChI=1S/C64H50BN2O2S/c1-63(2,3)38-21-24-40(25-22-38)66-51-35-58-48(42-26-23-39(64(4,5)6)29-57(42)70-58)30-45(51)43-27-28-44-46-33-55-47(41-19-13-14-20-54(41)68-55)31-52(46)67-53-32-49-56(34-50(53)65-60(43)61(44)67)69-62(37-17-11-8-12-18-37)59(49)36-15-9-7-10-16-36/h7-35,59,62,66H,1-6H3. The van der Waals surface area contributed by atoms with Crippen molar-refractivity contribution in [2.45, 2.75) is 64.4 Å². The first kappa shape index (κ1) is 41.4. The summed E-state index contributed by atoms with van der Waals surface area (Å²) < 4.78 is 18.8. The number of hydrogen-bond donors (Lipinski definition) is 1. The van der Waals surface area contributed by atoms with Gasteiger partial charge in [-0.15, -0.1) is 11.3 Å². The van der Waals surface area contributed by atoms with E-state index in [0.29, 0.717) is 0 Å². The molecule has 1 radical (unpaired) electrons. The number of para-hydroxylation sites is 1. The first-order valence-corrected chi connectivity index (χ1v) is 25.4. The zero-order valence-corrected chi connectivity index (χ0v) is 41.0. The van der Waals surface area contributed by atoms with Gasteiger partial charge in [0.2, 0.25) is 0 Å². The summed E-state index contributed by atoms with van der Waals surface area (Å²) in [5.74, 6) is 0.938. The molecular weight excluding hydrogens is 872 g/mol. The highest BCUT2D eigenvalue weighted by Gasteiger charge is 2.39. The molecule has 337 valence electrons. The van der Waals surface area contributed by atoms with E-state index in [1.165, 1.54) is 75.3 Å². The number of ether oxygens (including phenoxy) is 1. The quantitative estimate of drug-likeness (QED) is 0.175. The van der Waals surface area contributed by atoms with Gasteiger partial charge in [-0.3, -0.25) is 0 Å². The largest absolute Gasteiger partial charge is 0.484 e. The third kappa shape index (κ3) is 6.35. The topological polar surface area (TPSA) is 39.3 Å². The zero-order chi connectivity index (χ0) is 47.2. The summed E-state index contributed by atoms with van der Waals surface area (Å²) in [4.78, 5) is 0. The van der Waals surface area contributed by atoms with E-state index in [-0.39, 0.29) is 22.9 Å². The lowest BCUT2D eigenvalue weighted by molar-refractivity contribution is 0.222. The van der Waals surface area contributed by atoms with Crippen LogP contribution in [0.4, 0.5) is 11.4 Å². The molecule has 12 aromatic rings. The Labute approximate surface area is 412 Å². The van der Waals surface area contributed by atoms with Crippen molar-refractivity contribution in [3.8, 4) is 22.6 Å². The second-order valence-corrected chi connectivity index (χ2v) is 22.6. The van der Waals surface area contributed by atoms with Crippen molar-refractivity contribution in [1.82, 2.24) is 4.57 Å². The van der Waals surface area contributed by atoms with Crippen LogP contribution in [0.1, 0.15) is 81.4 Å². The number of nitrogens with zero attached hydrogens (tertiary/aromatic N) is 1. The van der Waals surface area contributed by atoms with E-state index in [1.807, 2.05) is 11.3 Å². The molecule has 2 aliphatic rings. The lowest BCUT2D eigenvalue weighted by Crippen LogP contribution is -2.37. The summed E-state index contributed by atoms with van der Waals surface area (Å²) in [7, 11) is 2.43. The molecule has 5 heterocycles. The van der Waals surface area contributed by atoms with Gasteiger partial charge in [0.15, 0.2) is 7.28 Å². The highest BCUT2D eigenvalue weighted by atomic mass is 32.1. The predicted molar refractivity (Wildman–Crippen MR) is 297 cm³/mol. The fourth-order valence-electron chi connectivity index (χ4n) is 11.5. The highest BCUT2D eigenvalue weighted by Crippen LogP contribution is 2.51. The van der Waals surface area contributed by atoms with Crippen molar-refractivity contribution in [2.75, 3.05) is 5.32 Å². The number of thiophene rings is 1. The van der Waals surface area contributed by atoms with Gasteiger partial charge in [-0.25, -0.2) is 0 Å². The minimum Gasteiger partial charge on any atom is -0.484 e. The number of rotatable bonds is 5. The van der Waals surface area contributed by atoms with Gasteiger partial charge < -0.3 is 19.0 Å². The van der Waals surface area contributed by atoms with Crippen molar-refractivity contribution in [2.24, 2.45) is 0 Å². The molecule has 70 heavy (non-hydrogen) atoms. The molecule has 0 spiro atoms. The van der Waals surface area contributed by atoms with Crippen LogP contribution < -0.4 is 21.0 Å². The summed E-state index contributed by atoms with van der Waals surface area (Å²) in [6.45, 7) is 13.7. The second-order valence-electron chi connectivity index (χ2n) is 21.6. The highest BCUT2D eigenvalue weighted by molar-refractivity contribution is 7.25. The molecule has 2 unspecified atom stereocenters. The third-order valence-electron chi connectivity index (χ3n) is 15.1. The Morgan fingerprint density at radius 1 is 0.543 bits per heavy atom. The molecule has 14 rings (SSSR count). The Morgan fingerprint density at radius 3 is 2.01 bits per heavy atom. The molecule has 6 heteroatoms. The van der Waals surface area contributed by atoms with E-state index in [2.05, 4.69) is 235 Å². The third-order valence-corrected chi connectivity index (χ3v) is 16.3. The van der Waals surface area contributed by atoms with Crippen LogP contribution in [0.25, 0.3) is 80.7 Å². The Hall–Kier alpha value is -7.54. The maximum absolute atomic E-state index is 7.14. The average molecular weight is 922 g/mol. The van der Waals surface area contributed by atoms with Crippen molar-refractivity contribution in [1.29, 1.82) is 0 Å². The summed E-state index contributed by atoms with van der Waals surface area (Å²) in [6, 6.07) is 65.0. The summed E-state index contributed by atoms with van der Waals surface area (Å²) in [5, 5.41) is 11.1. The predicted octanol–water partition coefficient (Wildman–Crippen LogP) is 16.3. The molecule has 0 saturated heterocycles. The van der Waals surface area contributed by atoms with Crippen LogP contribution in [0.5, 0.6) is 5.75 Å². The van der Waals surface area contributed by atoms with Crippen LogP contribution in [-0.4, -0.2) is 11.8 Å². The maximum atomic E-state index is 7.14. The molecule has 0 amide bonds. The monoisotopic (exact) mass is 921 g/mol. The van der Waals surface area contributed by atoms with Gasteiger partial charge in [-0.2, -0.15) is 0 Å². The van der Waals surface area contributed by atoms with Crippen LogP contribution in [-0.2, 0) is 10.8 Å². The van der Waals surface area contributed by atoms with E-state index in [1.54, 1.807) is 0 Å². The Kier molecular flexibility index (Phi) is 8.87. The minimum atomic E-state index is -0.170. The maximum Gasteiger partial charge on any atom is 0.198 e. The number of fused-ring (bicyclic) bond motifs is 12. The van der Waals surface area contributed by atoms with Gasteiger partial charge in [0.25, 0.3) is 0 Å². The number of furan rings is 1. The van der Waals surface area contributed by atoms with Crippen molar-refractivity contribution < 1.29 is 9.15 Å². The van der Waals surface area contributed by atoms with Crippen LogP contribution in [0.3, 0.4) is 0 Å². The minimum absolute atomic E-state index is 0.0104. The van der Waals surface area contributed by atoms with E-state index in [0.717, 1.165) is 61.3 Å². The first-order chi connectivity index (χ1) is 33.9. The molecule has 3 aromatic heterocycles. The molecule has 2 aliphatic heterocycles. The van der Waals surface area contributed by atoms with Crippen molar-refractivity contribution >= 4 is 105 Å². The van der Waals surface area contributed by atoms with E-state index < -0.39 is 0 Å². The lowest BCUT2D eigenvalue weighted by Gasteiger charge is -2.25. The number of nitrogens with one attached hydrogen (secondary N) is 1. The van der Waals surface area contributed by atoms with Crippen LogP contribution in [0, 0.1) is 0 Å². The number of benzene rings is 9. The SMILES string of the molecule is CC(C)(C)c1ccc(Nc2cc3sc4cc(C(C)(C)C)ccc4c3cc2-c2ccc3c4cc5oc6ccccc6c5cc4n4c3c2[B]c2cc3c(cc2-4)C(c2ccccc2)C(c2ccccc2)O3)cc1. The molecule has 0 fully saturated rings.